The summed E-state index contributed by atoms with van der Waals surface area (Å²) in [6.07, 6.45) is 1.63. The van der Waals surface area contributed by atoms with Crippen molar-refractivity contribution >= 4 is 22.7 Å². The Kier molecular flexibility index (Phi) is 3.62. The number of hydrogen-bond acceptors (Lipinski definition) is 3. The van der Waals surface area contributed by atoms with Gasteiger partial charge in [0.15, 0.2) is 0 Å². The SMILES string of the molecule is CCC1=NNC(=O)C(Cc2ccccc2)S1. The molecule has 0 aromatic heterocycles. The molecule has 0 spiro atoms. The van der Waals surface area contributed by atoms with E-state index >= 15 is 0 Å². The van der Waals surface area contributed by atoms with Gasteiger partial charge >= 0.3 is 0 Å². The number of rotatable bonds is 3. The van der Waals surface area contributed by atoms with Crippen LogP contribution in [0.25, 0.3) is 0 Å². The highest BCUT2D eigenvalue weighted by Crippen LogP contribution is 2.22. The van der Waals surface area contributed by atoms with E-state index < -0.39 is 0 Å². The molecule has 1 amide bonds. The van der Waals surface area contributed by atoms with E-state index in [4.69, 9.17) is 0 Å². The second-order valence-electron chi connectivity index (χ2n) is 3.63. The Balaban J connectivity index is 2.05. The largest absolute Gasteiger partial charge is 0.272 e. The molecule has 1 atom stereocenters. The summed E-state index contributed by atoms with van der Waals surface area (Å²) in [6, 6.07) is 10.1. The van der Waals surface area contributed by atoms with Crippen LogP contribution in [-0.4, -0.2) is 16.2 Å². The molecule has 3 nitrogen and oxygen atoms in total. The van der Waals surface area contributed by atoms with E-state index in [0.717, 1.165) is 17.9 Å². The van der Waals surface area contributed by atoms with Gasteiger partial charge in [0.05, 0.1) is 10.3 Å². The van der Waals surface area contributed by atoms with E-state index in [-0.39, 0.29) is 11.2 Å². The van der Waals surface area contributed by atoms with Crippen LogP contribution in [0.3, 0.4) is 0 Å². The maximum Gasteiger partial charge on any atom is 0.253 e. The van der Waals surface area contributed by atoms with Crippen LogP contribution in [0, 0.1) is 0 Å². The lowest BCUT2D eigenvalue weighted by Gasteiger charge is -2.20. The topological polar surface area (TPSA) is 41.5 Å². The summed E-state index contributed by atoms with van der Waals surface area (Å²) in [6.45, 7) is 2.04. The molecule has 84 valence electrons. The molecule has 1 unspecified atom stereocenters. The van der Waals surface area contributed by atoms with Crippen LogP contribution in [0.15, 0.2) is 35.4 Å². The molecule has 1 aromatic carbocycles. The van der Waals surface area contributed by atoms with E-state index in [1.54, 1.807) is 11.8 Å². The fourth-order valence-electron chi connectivity index (χ4n) is 1.56. The van der Waals surface area contributed by atoms with Crippen molar-refractivity contribution in [2.45, 2.75) is 25.0 Å². The van der Waals surface area contributed by atoms with Gasteiger partial charge in [-0.1, -0.05) is 49.0 Å². The summed E-state index contributed by atoms with van der Waals surface area (Å²) in [4.78, 5) is 11.6. The summed E-state index contributed by atoms with van der Waals surface area (Å²) < 4.78 is 0. The maximum absolute atomic E-state index is 11.6. The highest BCUT2D eigenvalue weighted by atomic mass is 32.2. The van der Waals surface area contributed by atoms with Gasteiger partial charge in [-0.3, -0.25) is 4.79 Å². The molecule has 0 radical (unpaired) electrons. The van der Waals surface area contributed by atoms with Crippen molar-refractivity contribution in [1.29, 1.82) is 0 Å². The quantitative estimate of drug-likeness (QED) is 0.871. The molecule has 0 bridgehead atoms. The second kappa shape index (κ2) is 5.16. The molecule has 0 aliphatic carbocycles. The highest BCUT2D eigenvalue weighted by Gasteiger charge is 2.24. The molecule has 1 aliphatic heterocycles. The third-order valence-electron chi connectivity index (χ3n) is 2.43. The summed E-state index contributed by atoms with van der Waals surface area (Å²) in [5.74, 6) is 0.00560. The van der Waals surface area contributed by atoms with Crippen molar-refractivity contribution < 1.29 is 4.79 Å². The average Bonchev–Trinajstić information content (AvgIpc) is 2.33. The molecule has 1 heterocycles. The predicted octanol–water partition coefficient (Wildman–Crippen LogP) is 2.18. The Morgan fingerprint density at radius 1 is 1.38 bits per heavy atom. The molecule has 1 N–H and O–H groups in total. The Morgan fingerprint density at radius 2 is 2.12 bits per heavy atom. The number of nitrogens with one attached hydrogen (secondary N) is 1. The summed E-state index contributed by atoms with van der Waals surface area (Å²) in [5, 5.41) is 4.95. The van der Waals surface area contributed by atoms with Crippen molar-refractivity contribution in [2.75, 3.05) is 0 Å². The maximum atomic E-state index is 11.6. The van der Waals surface area contributed by atoms with Gasteiger partial charge in [0.1, 0.15) is 0 Å². The molecule has 16 heavy (non-hydrogen) atoms. The zero-order valence-corrected chi connectivity index (χ0v) is 9.96. The number of carbonyl (C=O) groups is 1. The van der Waals surface area contributed by atoms with Crippen molar-refractivity contribution in [2.24, 2.45) is 5.10 Å². The zero-order chi connectivity index (χ0) is 11.4. The number of nitrogens with zero attached hydrogens (tertiary/aromatic N) is 1. The lowest BCUT2D eigenvalue weighted by atomic mass is 10.1. The zero-order valence-electron chi connectivity index (χ0n) is 9.14. The molecule has 2 rings (SSSR count). The second-order valence-corrected chi connectivity index (χ2v) is 4.91. The van der Waals surface area contributed by atoms with Gasteiger partial charge in [-0.05, 0) is 18.4 Å². The van der Waals surface area contributed by atoms with E-state index in [1.165, 1.54) is 5.56 Å². The van der Waals surface area contributed by atoms with Crippen molar-refractivity contribution in [1.82, 2.24) is 5.43 Å². The Labute approximate surface area is 99.3 Å². The first-order valence-electron chi connectivity index (χ1n) is 5.36. The number of carbonyl (C=O) groups excluding carboxylic acids is 1. The average molecular weight is 234 g/mol. The van der Waals surface area contributed by atoms with E-state index in [0.29, 0.717) is 0 Å². The van der Waals surface area contributed by atoms with E-state index in [9.17, 15) is 4.79 Å². The fourth-order valence-corrected chi connectivity index (χ4v) is 2.59. The van der Waals surface area contributed by atoms with Crippen LogP contribution in [0.5, 0.6) is 0 Å². The van der Waals surface area contributed by atoms with Gasteiger partial charge in [-0.25, -0.2) is 5.43 Å². The number of hydrazone groups is 1. The van der Waals surface area contributed by atoms with Crippen LogP contribution in [-0.2, 0) is 11.2 Å². The van der Waals surface area contributed by atoms with Crippen molar-refractivity contribution in [3.8, 4) is 0 Å². The molecule has 1 aliphatic rings. The normalized spacial score (nSPS) is 20.2. The molecule has 0 saturated heterocycles. The number of hydrogen-bond donors (Lipinski definition) is 1. The van der Waals surface area contributed by atoms with Crippen LogP contribution in [0.1, 0.15) is 18.9 Å². The van der Waals surface area contributed by atoms with Gasteiger partial charge in [0, 0.05) is 0 Å². The standard InChI is InChI=1S/C12H14N2OS/c1-2-11-13-14-12(15)10(16-11)8-9-6-4-3-5-7-9/h3-7,10H,2,8H2,1H3,(H,14,15). The van der Waals surface area contributed by atoms with E-state index in [1.807, 2.05) is 37.3 Å². The number of thioether (sulfide) groups is 1. The molecule has 1 aromatic rings. The van der Waals surface area contributed by atoms with Crippen molar-refractivity contribution in [3.05, 3.63) is 35.9 Å². The lowest BCUT2D eigenvalue weighted by Crippen LogP contribution is -2.36. The summed E-state index contributed by atoms with van der Waals surface area (Å²) in [7, 11) is 0. The van der Waals surface area contributed by atoms with Gasteiger partial charge in [0.25, 0.3) is 5.91 Å². The smallest absolute Gasteiger partial charge is 0.253 e. The van der Waals surface area contributed by atoms with Gasteiger partial charge < -0.3 is 0 Å². The van der Waals surface area contributed by atoms with Crippen LogP contribution >= 0.6 is 11.8 Å². The van der Waals surface area contributed by atoms with Crippen LogP contribution < -0.4 is 5.43 Å². The first kappa shape index (κ1) is 11.2. The molecule has 0 fully saturated rings. The minimum atomic E-state index is -0.0464. The minimum absolute atomic E-state index is 0.00560. The number of amides is 1. The molecule has 0 saturated carbocycles. The lowest BCUT2D eigenvalue weighted by molar-refractivity contribution is -0.120. The van der Waals surface area contributed by atoms with Crippen molar-refractivity contribution in [3.63, 3.8) is 0 Å². The Morgan fingerprint density at radius 3 is 2.81 bits per heavy atom. The van der Waals surface area contributed by atoms with Crippen LogP contribution in [0.4, 0.5) is 0 Å². The minimum Gasteiger partial charge on any atom is -0.272 e. The van der Waals surface area contributed by atoms with Crippen LogP contribution in [0.2, 0.25) is 0 Å². The summed E-state index contributed by atoms with van der Waals surface area (Å²) >= 11 is 1.57. The highest BCUT2D eigenvalue weighted by molar-refractivity contribution is 8.15. The Bertz CT molecular complexity index is 403. The van der Waals surface area contributed by atoms with Gasteiger partial charge in [0.2, 0.25) is 0 Å². The third kappa shape index (κ3) is 2.64. The Hall–Kier alpha value is -1.29. The molecule has 4 heteroatoms. The monoisotopic (exact) mass is 234 g/mol. The predicted molar refractivity (Wildman–Crippen MR) is 67.4 cm³/mol. The first-order chi connectivity index (χ1) is 7.79. The fraction of sp³-hybridized carbons (Fsp3) is 0.333. The molecular weight excluding hydrogens is 220 g/mol. The number of benzene rings is 1. The summed E-state index contributed by atoms with van der Waals surface area (Å²) in [5.41, 5.74) is 3.77. The third-order valence-corrected chi connectivity index (χ3v) is 3.75. The van der Waals surface area contributed by atoms with Gasteiger partial charge in [-0.2, -0.15) is 5.10 Å². The van der Waals surface area contributed by atoms with Gasteiger partial charge in [-0.15, -0.1) is 0 Å². The first-order valence-corrected chi connectivity index (χ1v) is 6.24. The van der Waals surface area contributed by atoms with E-state index in [2.05, 4.69) is 10.5 Å². The molecular formula is C12H14N2OS.